The second-order valence-electron chi connectivity index (χ2n) is 3.21. The van der Waals surface area contributed by atoms with E-state index in [1.165, 1.54) is 0 Å². The standard InChI is InChI=1S/C11H10N4O2/c1-7-10(13-11(16)15-14-7)12-8-5-3-4-6-9(8)17-2/h3-6H,1H2,2H3,(H,12,13,16). The number of hydrogen-bond acceptors (Lipinski definition) is 4. The maximum Gasteiger partial charge on any atom is 0.365 e. The van der Waals surface area contributed by atoms with Crippen LogP contribution < -0.4 is 10.1 Å². The van der Waals surface area contributed by atoms with Crippen LogP contribution in [-0.2, 0) is 0 Å². The summed E-state index contributed by atoms with van der Waals surface area (Å²) < 4.78 is 5.15. The molecule has 2 rings (SSSR count). The van der Waals surface area contributed by atoms with Gasteiger partial charge in [-0.15, -0.1) is 5.11 Å². The third-order valence-corrected chi connectivity index (χ3v) is 2.08. The van der Waals surface area contributed by atoms with E-state index < -0.39 is 6.03 Å². The molecule has 1 heterocycles. The second kappa shape index (κ2) is 4.56. The molecule has 86 valence electrons. The summed E-state index contributed by atoms with van der Waals surface area (Å²) in [6.45, 7) is 3.63. The SMILES string of the molecule is C=C1N=NC(=O)NC1=Nc1ccccc1OC. The number of rotatable bonds is 2. The van der Waals surface area contributed by atoms with E-state index in [-0.39, 0.29) is 5.84 Å². The number of aliphatic imine (C=N–C) groups is 1. The lowest BCUT2D eigenvalue weighted by atomic mass is 10.3. The van der Waals surface area contributed by atoms with E-state index in [2.05, 4.69) is 27.1 Å². The molecule has 1 aliphatic heterocycles. The summed E-state index contributed by atoms with van der Waals surface area (Å²) in [7, 11) is 1.55. The Balaban J connectivity index is 2.39. The highest BCUT2D eigenvalue weighted by Crippen LogP contribution is 2.27. The number of urea groups is 1. The number of azo groups is 1. The molecule has 0 spiro atoms. The molecule has 0 aliphatic carbocycles. The van der Waals surface area contributed by atoms with Crippen molar-refractivity contribution in [2.75, 3.05) is 7.11 Å². The number of ether oxygens (including phenoxy) is 1. The number of hydrogen-bond donors (Lipinski definition) is 1. The maximum atomic E-state index is 11.0. The van der Waals surface area contributed by atoms with Crippen LogP contribution in [0.1, 0.15) is 0 Å². The predicted octanol–water partition coefficient (Wildman–Crippen LogP) is 2.41. The van der Waals surface area contributed by atoms with Crippen LogP contribution >= 0.6 is 0 Å². The van der Waals surface area contributed by atoms with Gasteiger partial charge in [-0.1, -0.05) is 23.8 Å². The van der Waals surface area contributed by atoms with Gasteiger partial charge in [-0.2, -0.15) is 0 Å². The fourth-order valence-corrected chi connectivity index (χ4v) is 1.29. The summed E-state index contributed by atoms with van der Waals surface area (Å²) in [5.41, 5.74) is 0.888. The van der Waals surface area contributed by atoms with E-state index in [9.17, 15) is 4.79 Å². The zero-order chi connectivity index (χ0) is 12.3. The summed E-state index contributed by atoms with van der Waals surface area (Å²) in [6.07, 6.45) is 0. The van der Waals surface area contributed by atoms with Crippen molar-refractivity contribution in [3.8, 4) is 5.75 Å². The number of nitrogens with one attached hydrogen (secondary N) is 1. The highest BCUT2D eigenvalue weighted by molar-refractivity contribution is 6.09. The molecule has 0 aromatic heterocycles. The quantitative estimate of drug-likeness (QED) is 0.846. The van der Waals surface area contributed by atoms with Crippen LogP contribution in [0.2, 0.25) is 0 Å². The van der Waals surface area contributed by atoms with Gasteiger partial charge in [-0.3, -0.25) is 5.32 Å². The van der Waals surface area contributed by atoms with E-state index in [0.29, 0.717) is 17.1 Å². The third kappa shape index (κ3) is 2.36. The number of para-hydroxylation sites is 2. The van der Waals surface area contributed by atoms with Gasteiger partial charge in [0.25, 0.3) is 0 Å². The average molecular weight is 230 g/mol. The Morgan fingerprint density at radius 3 is 2.88 bits per heavy atom. The molecule has 0 bridgehead atoms. The van der Waals surface area contributed by atoms with Gasteiger partial charge in [0, 0.05) is 0 Å². The Morgan fingerprint density at radius 1 is 1.35 bits per heavy atom. The number of amidine groups is 1. The summed E-state index contributed by atoms with van der Waals surface area (Å²) in [5, 5.41) is 9.36. The average Bonchev–Trinajstić information content (AvgIpc) is 2.34. The first-order chi connectivity index (χ1) is 8.20. The van der Waals surface area contributed by atoms with Gasteiger partial charge in [-0.05, 0) is 12.1 Å². The number of nitrogens with zero attached hydrogens (tertiary/aromatic N) is 3. The van der Waals surface area contributed by atoms with Crippen molar-refractivity contribution in [3.63, 3.8) is 0 Å². The maximum absolute atomic E-state index is 11.0. The third-order valence-electron chi connectivity index (χ3n) is 2.08. The van der Waals surface area contributed by atoms with Crippen molar-refractivity contribution in [3.05, 3.63) is 36.5 Å². The van der Waals surface area contributed by atoms with Gasteiger partial charge in [0.2, 0.25) is 0 Å². The molecule has 0 atom stereocenters. The Kier molecular flexibility index (Phi) is 2.95. The van der Waals surface area contributed by atoms with Gasteiger partial charge in [0.05, 0.1) is 7.11 Å². The normalized spacial score (nSPS) is 17.1. The first kappa shape index (κ1) is 11.0. The van der Waals surface area contributed by atoms with Crippen LogP contribution in [0.5, 0.6) is 5.75 Å². The number of methoxy groups -OCH3 is 1. The van der Waals surface area contributed by atoms with Crippen LogP contribution in [0.25, 0.3) is 0 Å². The van der Waals surface area contributed by atoms with Crippen LogP contribution in [0.15, 0.2) is 51.8 Å². The summed E-state index contributed by atoms with van der Waals surface area (Å²) in [5.74, 6) is 0.874. The number of amides is 2. The van der Waals surface area contributed by atoms with E-state index in [4.69, 9.17) is 4.74 Å². The number of carbonyl (C=O) groups excluding carboxylic acids is 1. The predicted molar refractivity (Wildman–Crippen MR) is 62.6 cm³/mol. The van der Waals surface area contributed by atoms with Gasteiger partial charge in [0.15, 0.2) is 5.84 Å². The van der Waals surface area contributed by atoms with Gasteiger partial charge in [0.1, 0.15) is 17.1 Å². The molecule has 1 aliphatic rings. The van der Waals surface area contributed by atoms with Crippen molar-refractivity contribution in [1.29, 1.82) is 0 Å². The monoisotopic (exact) mass is 230 g/mol. The highest BCUT2D eigenvalue weighted by atomic mass is 16.5. The largest absolute Gasteiger partial charge is 0.494 e. The van der Waals surface area contributed by atoms with Crippen LogP contribution in [0.4, 0.5) is 10.5 Å². The summed E-state index contributed by atoms with van der Waals surface area (Å²) in [4.78, 5) is 15.3. The van der Waals surface area contributed by atoms with E-state index in [1.54, 1.807) is 19.2 Å². The Morgan fingerprint density at radius 2 is 2.12 bits per heavy atom. The summed E-state index contributed by atoms with van der Waals surface area (Å²) >= 11 is 0. The van der Waals surface area contributed by atoms with Crippen molar-refractivity contribution >= 4 is 17.6 Å². The topological polar surface area (TPSA) is 75.4 Å². The first-order valence-electron chi connectivity index (χ1n) is 4.84. The molecule has 0 saturated heterocycles. The minimum absolute atomic E-state index is 0.273. The van der Waals surface area contributed by atoms with Crippen LogP contribution in [-0.4, -0.2) is 19.0 Å². The molecule has 0 radical (unpaired) electrons. The fraction of sp³-hybridized carbons (Fsp3) is 0.0909. The molecular formula is C11H10N4O2. The highest BCUT2D eigenvalue weighted by Gasteiger charge is 2.15. The van der Waals surface area contributed by atoms with E-state index >= 15 is 0 Å². The molecule has 6 heteroatoms. The zero-order valence-electron chi connectivity index (χ0n) is 9.17. The fourth-order valence-electron chi connectivity index (χ4n) is 1.29. The van der Waals surface area contributed by atoms with Gasteiger partial charge < -0.3 is 4.74 Å². The van der Waals surface area contributed by atoms with Crippen molar-refractivity contribution < 1.29 is 9.53 Å². The molecule has 0 unspecified atom stereocenters. The van der Waals surface area contributed by atoms with Crippen molar-refractivity contribution in [2.24, 2.45) is 15.2 Å². The lowest BCUT2D eigenvalue weighted by Crippen LogP contribution is -2.31. The van der Waals surface area contributed by atoms with Crippen molar-refractivity contribution in [2.45, 2.75) is 0 Å². The molecule has 6 nitrogen and oxygen atoms in total. The molecule has 17 heavy (non-hydrogen) atoms. The number of carbonyl (C=O) groups is 1. The van der Waals surface area contributed by atoms with Gasteiger partial charge in [-0.25, -0.2) is 9.79 Å². The lowest BCUT2D eigenvalue weighted by Gasteiger charge is -2.10. The molecule has 1 N–H and O–H groups in total. The van der Waals surface area contributed by atoms with Crippen molar-refractivity contribution in [1.82, 2.24) is 5.32 Å². The summed E-state index contributed by atoms with van der Waals surface area (Å²) in [6, 6.07) is 6.62. The van der Waals surface area contributed by atoms with E-state index in [1.807, 2.05) is 12.1 Å². The minimum atomic E-state index is -0.564. The lowest BCUT2D eigenvalue weighted by molar-refractivity contribution is 0.251. The Hall–Kier alpha value is -2.50. The molecule has 0 saturated carbocycles. The molecular weight excluding hydrogens is 220 g/mol. The second-order valence-corrected chi connectivity index (χ2v) is 3.21. The van der Waals surface area contributed by atoms with Crippen LogP contribution in [0, 0.1) is 0 Å². The molecule has 0 fully saturated rings. The van der Waals surface area contributed by atoms with Crippen LogP contribution in [0.3, 0.4) is 0 Å². The van der Waals surface area contributed by atoms with E-state index in [0.717, 1.165) is 0 Å². The smallest absolute Gasteiger partial charge is 0.365 e. The molecule has 2 amide bonds. The molecule has 1 aromatic carbocycles. The molecule has 1 aromatic rings. The first-order valence-corrected chi connectivity index (χ1v) is 4.84. The Labute approximate surface area is 97.7 Å². The number of benzene rings is 1. The minimum Gasteiger partial charge on any atom is -0.494 e. The Bertz CT molecular complexity index is 534. The van der Waals surface area contributed by atoms with Gasteiger partial charge >= 0.3 is 6.03 Å². The zero-order valence-corrected chi connectivity index (χ0v) is 9.17.